The molecule has 0 N–H and O–H groups in total. The van der Waals surface area contributed by atoms with Crippen LogP contribution in [0.2, 0.25) is 0 Å². The predicted molar refractivity (Wildman–Crippen MR) is 67.1 cm³/mol. The zero-order valence-electron chi connectivity index (χ0n) is 10.6. The normalized spacial score (nSPS) is 17.0. The van der Waals surface area contributed by atoms with Gasteiger partial charge in [-0.15, -0.1) is 0 Å². The summed E-state index contributed by atoms with van der Waals surface area (Å²) in [4.78, 5) is 15.3. The van der Waals surface area contributed by atoms with Crippen molar-refractivity contribution in [1.82, 2.24) is 10.1 Å². The van der Waals surface area contributed by atoms with Crippen LogP contribution in [0, 0.1) is 0 Å². The van der Waals surface area contributed by atoms with Gasteiger partial charge in [-0.05, 0) is 13.0 Å². The molecule has 0 aliphatic carbocycles. The van der Waals surface area contributed by atoms with Gasteiger partial charge in [0.05, 0.1) is 5.92 Å². The van der Waals surface area contributed by atoms with Gasteiger partial charge in [-0.2, -0.15) is 4.98 Å². The van der Waals surface area contributed by atoms with Crippen LogP contribution < -0.4 is 4.74 Å². The highest BCUT2D eigenvalue weighted by Crippen LogP contribution is 2.36. The molecule has 0 fully saturated rings. The van der Waals surface area contributed by atoms with Gasteiger partial charge in [0.25, 0.3) is 0 Å². The lowest BCUT2D eigenvalue weighted by Crippen LogP contribution is -2.05. The molecule has 0 spiro atoms. The standard InChI is InChI=1S/C14H14N2O3/c1-9(17)6-7-13-15-14(16-19-13)11-8-18-12-5-3-2-4-10(11)12/h2-5,11H,6-8H2,1H3. The lowest BCUT2D eigenvalue weighted by atomic mass is 10.0. The molecule has 19 heavy (non-hydrogen) atoms. The number of hydrogen-bond acceptors (Lipinski definition) is 5. The van der Waals surface area contributed by atoms with Crippen LogP contribution in [0.25, 0.3) is 0 Å². The predicted octanol–water partition coefficient (Wildman–Crippen LogP) is 2.12. The SMILES string of the molecule is CC(=O)CCc1nc(C2COc3ccccc32)no1. The quantitative estimate of drug-likeness (QED) is 0.840. The number of fused-ring (bicyclic) bond motifs is 1. The second-order valence-corrected chi connectivity index (χ2v) is 4.65. The lowest BCUT2D eigenvalue weighted by Gasteiger charge is -2.01. The third kappa shape index (κ3) is 2.36. The van der Waals surface area contributed by atoms with Gasteiger partial charge in [-0.3, -0.25) is 0 Å². The molecule has 2 heterocycles. The third-order valence-corrected chi connectivity index (χ3v) is 3.19. The molecule has 2 aromatic rings. The topological polar surface area (TPSA) is 65.2 Å². The van der Waals surface area contributed by atoms with Crippen molar-refractivity contribution in [2.75, 3.05) is 6.61 Å². The van der Waals surface area contributed by atoms with Crippen molar-refractivity contribution in [1.29, 1.82) is 0 Å². The molecule has 0 amide bonds. The molecule has 1 atom stereocenters. The Morgan fingerprint density at radius 3 is 3.11 bits per heavy atom. The van der Waals surface area contributed by atoms with E-state index < -0.39 is 0 Å². The summed E-state index contributed by atoms with van der Waals surface area (Å²) in [6.07, 6.45) is 0.928. The number of carbonyl (C=O) groups excluding carboxylic acids is 1. The minimum atomic E-state index is 0.0195. The first-order valence-corrected chi connectivity index (χ1v) is 6.27. The molecule has 1 aromatic heterocycles. The van der Waals surface area contributed by atoms with Crippen LogP contribution >= 0.6 is 0 Å². The average Bonchev–Trinajstić information content (AvgIpc) is 3.02. The number of hydrogen-bond donors (Lipinski definition) is 0. The smallest absolute Gasteiger partial charge is 0.227 e. The van der Waals surface area contributed by atoms with Crippen LogP contribution in [0.15, 0.2) is 28.8 Å². The maximum Gasteiger partial charge on any atom is 0.227 e. The van der Waals surface area contributed by atoms with Crippen molar-refractivity contribution in [2.24, 2.45) is 0 Å². The molecule has 0 radical (unpaired) electrons. The lowest BCUT2D eigenvalue weighted by molar-refractivity contribution is -0.117. The first-order chi connectivity index (χ1) is 9.24. The Bertz CT molecular complexity index is 606. The van der Waals surface area contributed by atoms with Gasteiger partial charge in [0.15, 0.2) is 5.82 Å². The molecule has 3 rings (SSSR count). The van der Waals surface area contributed by atoms with Crippen molar-refractivity contribution < 1.29 is 14.1 Å². The van der Waals surface area contributed by atoms with Gasteiger partial charge in [-0.25, -0.2) is 0 Å². The second kappa shape index (κ2) is 4.84. The Balaban J connectivity index is 1.79. The van der Waals surface area contributed by atoms with Gasteiger partial charge in [0.2, 0.25) is 5.89 Å². The summed E-state index contributed by atoms with van der Waals surface area (Å²) in [5.74, 6) is 2.15. The monoisotopic (exact) mass is 258 g/mol. The van der Waals surface area contributed by atoms with Crippen molar-refractivity contribution in [3.8, 4) is 5.75 Å². The number of nitrogens with zero attached hydrogens (tertiary/aromatic N) is 2. The highest BCUT2D eigenvalue weighted by Gasteiger charge is 2.29. The van der Waals surface area contributed by atoms with E-state index in [0.29, 0.717) is 31.2 Å². The summed E-state index contributed by atoms with van der Waals surface area (Å²) >= 11 is 0. The highest BCUT2D eigenvalue weighted by molar-refractivity contribution is 5.75. The summed E-state index contributed by atoms with van der Waals surface area (Å²) in [7, 11) is 0. The molecule has 0 saturated carbocycles. The summed E-state index contributed by atoms with van der Waals surface area (Å²) < 4.78 is 10.8. The Morgan fingerprint density at radius 2 is 2.26 bits per heavy atom. The van der Waals surface area contributed by atoms with E-state index in [2.05, 4.69) is 10.1 Å². The number of carbonyl (C=O) groups is 1. The second-order valence-electron chi connectivity index (χ2n) is 4.65. The van der Waals surface area contributed by atoms with E-state index in [0.717, 1.165) is 11.3 Å². The average molecular weight is 258 g/mol. The van der Waals surface area contributed by atoms with Crippen LogP contribution in [0.1, 0.15) is 36.5 Å². The number of para-hydroxylation sites is 1. The molecule has 1 aromatic carbocycles. The van der Waals surface area contributed by atoms with Crippen molar-refractivity contribution in [3.63, 3.8) is 0 Å². The Hall–Kier alpha value is -2.17. The molecule has 0 bridgehead atoms. The number of benzene rings is 1. The number of aryl methyl sites for hydroxylation is 1. The molecule has 0 saturated heterocycles. The zero-order chi connectivity index (χ0) is 13.2. The summed E-state index contributed by atoms with van der Waals surface area (Å²) in [6, 6.07) is 7.86. The van der Waals surface area contributed by atoms with Gasteiger partial charge in [0.1, 0.15) is 18.1 Å². The molecule has 1 unspecified atom stereocenters. The summed E-state index contributed by atoms with van der Waals surface area (Å²) in [6.45, 7) is 2.09. The number of ether oxygens (including phenoxy) is 1. The number of Topliss-reactive ketones (excluding diaryl/α,β-unsaturated/α-hetero) is 1. The number of ketones is 1. The highest BCUT2D eigenvalue weighted by atomic mass is 16.5. The zero-order valence-corrected chi connectivity index (χ0v) is 10.6. The van der Waals surface area contributed by atoms with Crippen molar-refractivity contribution >= 4 is 5.78 Å². The maximum absolute atomic E-state index is 10.9. The van der Waals surface area contributed by atoms with E-state index in [4.69, 9.17) is 9.26 Å². The maximum atomic E-state index is 10.9. The van der Waals surface area contributed by atoms with Gasteiger partial charge in [-0.1, -0.05) is 23.4 Å². The molecule has 5 heteroatoms. The Morgan fingerprint density at radius 1 is 1.42 bits per heavy atom. The van der Waals surface area contributed by atoms with Crippen LogP contribution in [0.4, 0.5) is 0 Å². The fourth-order valence-electron chi connectivity index (χ4n) is 2.17. The van der Waals surface area contributed by atoms with Crippen LogP contribution in [-0.2, 0) is 11.2 Å². The van der Waals surface area contributed by atoms with Crippen LogP contribution in [0.3, 0.4) is 0 Å². The fourth-order valence-corrected chi connectivity index (χ4v) is 2.17. The Kier molecular flexibility index (Phi) is 3.03. The molecule has 5 nitrogen and oxygen atoms in total. The van der Waals surface area contributed by atoms with E-state index in [1.165, 1.54) is 0 Å². The number of rotatable bonds is 4. The van der Waals surface area contributed by atoms with E-state index in [-0.39, 0.29) is 11.7 Å². The van der Waals surface area contributed by atoms with Crippen LogP contribution in [-0.4, -0.2) is 22.5 Å². The van der Waals surface area contributed by atoms with Gasteiger partial charge in [0, 0.05) is 18.4 Å². The van der Waals surface area contributed by atoms with Gasteiger partial charge < -0.3 is 14.1 Å². The molecule has 98 valence electrons. The fraction of sp³-hybridized carbons (Fsp3) is 0.357. The van der Waals surface area contributed by atoms with E-state index in [1.54, 1.807) is 6.92 Å². The van der Waals surface area contributed by atoms with E-state index in [9.17, 15) is 4.79 Å². The molecule has 1 aliphatic rings. The van der Waals surface area contributed by atoms with E-state index >= 15 is 0 Å². The first-order valence-electron chi connectivity index (χ1n) is 6.27. The van der Waals surface area contributed by atoms with E-state index in [1.807, 2.05) is 24.3 Å². The van der Waals surface area contributed by atoms with Crippen molar-refractivity contribution in [3.05, 3.63) is 41.5 Å². The minimum Gasteiger partial charge on any atom is -0.492 e. The summed E-state index contributed by atoms with van der Waals surface area (Å²) in [5, 5.41) is 4.00. The number of aromatic nitrogens is 2. The van der Waals surface area contributed by atoms with Gasteiger partial charge >= 0.3 is 0 Å². The molecular weight excluding hydrogens is 244 g/mol. The third-order valence-electron chi connectivity index (χ3n) is 3.19. The largest absolute Gasteiger partial charge is 0.492 e. The molecule has 1 aliphatic heterocycles. The Labute approximate surface area is 110 Å². The minimum absolute atomic E-state index is 0.0195. The van der Waals surface area contributed by atoms with Crippen molar-refractivity contribution in [2.45, 2.75) is 25.7 Å². The first kappa shape index (κ1) is 11.9. The summed E-state index contributed by atoms with van der Waals surface area (Å²) in [5.41, 5.74) is 1.08. The molecular formula is C14H14N2O3. The van der Waals surface area contributed by atoms with Crippen LogP contribution in [0.5, 0.6) is 5.75 Å².